The Kier molecular flexibility index (Phi) is 20.6. The largest absolute Gasteiger partial charge is 0.473 e. The lowest BCUT2D eigenvalue weighted by Gasteiger charge is -2.02. The molecule has 1 heteroatoms. The lowest BCUT2D eigenvalue weighted by molar-refractivity contribution is 0.398. The molecule has 0 aromatic carbocycles. The van der Waals surface area contributed by atoms with Crippen molar-refractivity contribution in [2.75, 3.05) is 0 Å². The molecule has 0 heterocycles. The maximum atomic E-state index is 5.23. The van der Waals surface area contributed by atoms with Gasteiger partial charge in [0.25, 0.3) is 0 Å². The first-order chi connectivity index (χ1) is 11.4. The van der Waals surface area contributed by atoms with Crippen LogP contribution in [-0.4, -0.2) is 0 Å². The van der Waals surface area contributed by atoms with Gasteiger partial charge in [-0.2, -0.15) is 0 Å². The van der Waals surface area contributed by atoms with Gasteiger partial charge in [0.15, 0.2) is 0 Å². The third kappa shape index (κ3) is 21.3. The molecule has 0 aromatic rings. The van der Waals surface area contributed by atoms with E-state index in [1.165, 1.54) is 89.9 Å². The molecular weight excluding hydrogens is 280 g/mol. The highest BCUT2D eigenvalue weighted by Crippen LogP contribution is 2.13. The first kappa shape index (κ1) is 22.3. The van der Waals surface area contributed by atoms with E-state index in [1.54, 1.807) is 6.26 Å². The Morgan fingerprint density at radius 1 is 0.522 bits per heavy atom. The maximum absolute atomic E-state index is 5.23. The second kappa shape index (κ2) is 21.3. The summed E-state index contributed by atoms with van der Waals surface area (Å²) in [7, 11) is 0. The summed E-state index contributed by atoms with van der Waals surface area (Å²) in [6.45, 7) is 4.40. The molecule has 0 N–H and O–H groups in total. The Bertz CT molecular complexity index is 255. The van der Waals surface area contributed by atoms with Crippen LogP contribution < -0.4 is 0 Å². The van der Waals surface area contributed by atoms with Crippen LogP contribution in [0.4, 0.5) is 0 Å². The molecule has 0 aliphatic heterocycles. The van der Waals surface area contributed by atoms with Crippen LogP contribution in [0.25, 0.3) is 0 Å². The van der Waals surface area contributed by atoms with Crippen LogP contribution in [0.1, 0.15) is 117 Å². The van der Waals surface area contributed by atoms with E-state index in [9.17, 15) is 0 Å². The molecule has 0 aromatic heterocycles. The summed E-state index contributed by atoms with van der Waals surface area (Å²) in [5.74, 6) is 0. The Morgan fingerprint density at radius 2 is 0.957 bits per heavy atom. The van der Waals surface area contributed by atoms with E-state index in [4.69, 9.17) is 4.74 Å². The molecule has 0 saturated carbocycles. The van der Waals surface area contributed by atoms with E-state index in [0.717, 1.165) is 12.8 Å². The highest BCUT2D eigenvalue weighted by molar-refractivity contribution is 4.78. The van der Waals surface area contributed by atoms with Crippen molar-refractivity contribution >= 4 is 0 Å². The van der Waals surface area contributed by atoms with Gasteiger partial charge < -0.3 is 4.74 Å². The van der Waals surface area contributed by atoms with Gasteiger partial charge in [-0.05, 0) is 31.4 Å². The van der Waals surface area contributed by atoms with Crippen LogP contribution >= 0.6 is 0 Å². The smallest absolute Gasteiger partial charge is 0.0861 e. The van der Waals surface area contributed by atoms with E-state index >= 15 is 0 Å². The van der Waals surface area contributed by atoms with Crippen molar-refractivity contribution < 1.29 is 4.74 Å². The topological polar surface area (TPSA) is 9.23 Å². The van der Waals surface area contributed by atoms with Crippen molar-refractivity contribution in [2.24, 2.45) is 0 Å². The molecule has 0 spiro atoms. The second-order valence-electron chi connectivity index (χ2n) is 6.67. The van der Waals surface area contributed by atoms with Gasteiger partial charge in [0.1, 0.15) is 0 Å². The van der Waals surface area contributed by atoms with Gasteiger partial charge in [-0.1, -0.05) is 97.3 Å². The fraction of sp³-hybridized carbons (Fsp3) is 0.818. The minimum atomic E-state index is 1.03. The molecule has 0 saturated heterocycles. The van der Waals surface area contributed by atoms with Crippen molar-refractivity contribution in [3.05, 3.63) is 24.7 Å². The van der Waals surface area contributed by atoms with Crippen molar-refractivity contribution in [3.8, 4) is 0 Å². The van der Waals surface area contributed by atoms with Crippen LogP contribution in [0.2, 0.25) is 0 Å². The molecule has 23 heavy (non-hydrogen) atoms. The van der Waals surface area contributed by atoms with Gasteiger partial charge in [0, 0.05) is 0 Å². The normalized spacial score (nSPS) is 11.7. The second-order valence-corrected chi connectivity index (χ2v) is 6.67. The van der Waals surface area contributed by atoms with Gasteiger partial charge in [0.2, 0.25) is 0 Å². The Morgan fingerprint density at radius 3 is 1.43 bits per heavy atom. The zero-order chi connectivity index (χ0) is 16.8. The molecule has 1 nitrogen and oxygen atoms in total. The summed E-state index contributed by atoms with van der Waals surface area (Å²) in [6, 6.07) is 0. The number of hydrogen-bond donors (Lipinski definition) is 0. The zero-order valence-electron chi connectivity index (χ0n) is 16.0. The summed E-state index contributed by atoms with van der Waals surface area (Å²) >= 11 is 0. The van der Waals surface area contributed by atoms with E-state index in [1.807, 2.05) is 12.3 Å². The van der Waals surface area contributed by atoms with Crippen molar-refractivity contribution in [1.82, 2.24) is 0 Å². The fourth-order valence-corrected chi connectivity index (χ4v) is 2.78. The van der Waals surface area contributed by atoms with Gasteiger partial charge in [-0.25, -0.2) is 0 Å². The van der Waals surface area contributed by atoms with Crippen molar-refractivity contribution in [1.29, 1.82) is 0 Å². The van der Waals surface area contributed by atoms with Crippen LogP contribution in [0.3, 0.4) is 0 Å². The summed E-state index contributed by atoms with van der Waals surface area (Å²) in [5, 5.41) is 0. The molecule has 136 valence electrons. The van der Waals surface area contributed by atoms with Crippen molar-refractivity contribution in [3.63, 3.8) is 0 Å². The summed E-state index contributed by atoms with van der Waals surface area (Å²) < 4.78 is 5.23. The highest BCUT2D eigenvalue weighted by atomic mass is 16.5. The first-order valence-corrected chi connectivity index (χ1v) is 10.4. The average Bonchev–Trinajstić information content (AvgIpc) is 2.57. The van der Waals surface area contributed by atoms with Crippen LogP contribution in [0.5, 0.6) is 0 Å². The first-order valence-electron chi connectivity index (χ1n) is 10.4. The van der Waals surface area contributed by atoms with Gasteiger partial charge in [0.05, 0.1) is 12.5 Å². The summed E-state index contributed by atoms with van der Waals surface area (Å²) in [5.41, 5.74) is 0. The zero-order valence-corrected chi connectivity index (χ0v) is 16.0. The van der Waals surface area contributed by atoms with Gasteiger partial charge in [-0.15, -0.1) is 0 Å². The number of ether oxygens (including phenoxy) is 1. The maximum Gasteiger partial charge on any atom is 0.0861 e. The number of hydrogen-bond acceptors (Lipinski definition) is 1. The lowest BCUT2D eigenvalue weighted by atomic mass is 10.0. The summed E-state index contributed by atoms with van der Waals surface area (Å²) in [6.07, 6.45) is 29.9. The third-order valence-electron chi connectivity index (χ3n) is 4.31. The molecule has 0 amide bonds. The third-order valence-corrected chi connectivity index (χ3v) is 4.31. The average molecular weight is 323 g/mol. The van der Waals surface area contributed by atoms with E-state index < -0.39 is 0 Å². The quantitative estimate of drug-likeness (QED) is 0.182. The van der Waals surface area contributed by atoms with Gasteiger partial charge in [-0.3, -0.25) is 0 Å². The van der Waals surface area contributed by atoms with Gasteiger partial charge >= 0.3 is 0 Å². The minimum Gasteiger partial charge on any atom is -0.473 e. The molecule has 0 rings (SSSR count). The van der Waals surface area contributed by atoms with E-state index in [0.29, 0.717) is 0 Å². The van der Waals surface area contributed by atoms with Crippen LogP contribution in [0, 0.1) is 0 Å². The van der Waals surface area contributed by atoms with Crippen LogP contribution in [0.15, 0.2) is 24.7 Å². The molecule has 0 aliphatic rings. The number of rotatable bonds is 18. The molecule has 0 radical (unpaired) electrons. The number of allylic oxidation sites excluding steroid dienone is 2. The fourth-order valence-electron chi connectivity index (χ4n) is 2.78. The molecule has 0 fully saturated rings. The molecular formula is C22H42O. The monoisotopic (exact) mass is 322 g/mol. The summed E-state index contributed by atoms with van der Waals surface area (Å²) in [4.78, 5) is 0. The van der Waals surface area contributed by atoms with E-state index in [-0.39, 0.29) is 0 Å². The standard InChI is InChI=1S/C22H42O/c1-3-5-7-8-9-10-11-12-13-14-15-16-17-18-19-20-22-23-21-6-4-2/h6,20-22H,3-5,7-19H2,1-2H3. The predicted molar refractivity (Wildman–Crippen MR) is 105 cm³/mol. The Labute approximate surface area is 146 Å². The molecule has 0 bridgehead atoms. The molecule has 0 atom stereocenters. The molecule has 0 unspecified atom stereocenters. The van der Waals surface area contributed by atoms with Crippen molar-refractivity contribution in [2.45, 2.75) is 117 Å². The molecule has 0 aliphatic carbocycles. The highest BCUT2D eigenvalue weighted by Gasteiger charge is 1.93. The lowest BCUT2D eigenvalue weighted by Crippen LogP contribution is -1.83. The Hall–Kier alpha value is -0.720. The van der Waals surface area contributed by atoms with E-state index in [2.05, 4.69) is 19.9 Å². The van der Waals surface area contributed by atoms with Crippen LogP contribution in [-0.2, 0) is 4.74 Å². The predicted octanol–water partition coefficient (Wildman–Crippen LogP) is 8.31. The SMILES string of the molecule is CCC=COC=CCCCCCCCCCCCCCCCC. The Balaban J connectivity index is 3.04. The number of unbranched alkanes of at least 4 members (excludes halogenated alkanes) is 14. The minimum absolute atomic E-state index is 1.03.